The van der Waals surface area contributed by atoms with E-state index in [0.717, 1.165) is 44.5 Å². The van der Waals surface area contributed by atoms with Crippen LogP contribution >= 0.6 is 0 Å². The zero-order valence-corrected chi connectivity index (χ0v) is 27.8. The van der Waals surface area contributed by atoms with Crippen molar-refractivity contribution in [3.63, 3.8) is 0 Å². The van der Waals surface area contributed by atoms with Gasteiger partial charge < -0.3 is 0 Å². The Morgan fingerprint density at radius 2 is 1.22 bits per heavy atom. The summed E-state index contributed by atoms with van der Waals surface area (Å²) in [5.74, 6) is 0.655. The highest BCUT2D eigenvalue weighted by Crippen LogP contribution is 2.55. The van der Waals surface area contributed by atoms with E-state index >= 15 is 0 Å². The van der Waals surface area contributed by atoms with Crippen molar-refractivity contribution in [2.24, 2.45) is 0 Å². The van der Waals surface area contributed by atoms with E-state index in [-0.39, 0.29) is 5.41 Å². The molecular weight excluding hydrogens is 609 g/mol. The van der Waals surface area contributed by atoms with Crippen LogP contribution in [0, 0.1) is 0 Å². The van der Waals surface area contributed by atoms with E-state index in [1.165, 1.54) is 43.8 Å². The molecule has 0 atom stereocenters. The van der Waals surface area contributed by atoms with E-state index in [4.69, 9.17) is 9.97 Å². The quantitative estimate of drug-likeness (QED) is 0.192. The molecule has 0 saturated carbocycles. The first-order chi connectivity index (χ1) is 24.6. The number of rotatable bonds is 4. The van der Waals surface area contributed by atoms with Crippen LogP contribution in [0.2, 0.25) is 0 Å². The molecule has 0 unspecified atom stereocenters. The minimum Gasteiger partial charge on any atom is -0.278 e. The number of pyridine rings is 1. The van der Waals surface area contributed by atoms with E-state index in [0.29, 0.717) is 5.95 Å². The van der Waals surface area contributed by atoms with Crippen molar-refractivity contribution in [3.05, 3.63) is 169 Å². The van der Waals surface area contributed by atoms with Crippen LogP contribution in [0.3, 0.4) is 0 Å². The number of nitrogens with zero attached hydrogens (tertiary/aromatic N) is 4. The van der Waals surface area contributed by atoms with Gasteiger partial charge in [0.05, 0.1) is 16.7 Å². The molecule has 0 bridgehead atoms. The highest BCUT2D eigenvalue weighted by atomic mass is 15.1. The number of hydrogen-bond acceptors (Lipinski definition) is 3. The van der Waals surface area contributed by atoms with E-state index in [1.807, 2.05) is 36.8 Å². The highest BCUT2D eigenvalue weighted by Gasteiger charge is 2.39. The van der Waals surface area contributed by atoms with Crippen molar-refractivity contribution in [2.45, 2.75) is 19.3 Å². The zero-order valence-electron chi connectivity index (χ0n) is 27.8. The van der Waals surface area contributed by atoms with Gasteiger partial charge in [-0.25, -0.2) is 9.97 Å². The second-order valence-corrected chi connectivity index (χ2v) is 13.7. The van der Waals surface area contributed by atoms with Crippen molar-refractivity contribution in [1.29, 1.82) is 0 Å². The molecule has 0 spiro atoms. The molecule has 0 fully saturated rings. The average Bonchev–Trinajstić information content (AvgIpc) is 3.63. The highest BCUT2D eigenvalue weighted by molar-refractivity contribution is 6.16. The molecule has 4 nitrogen and oxygen atoms in total. The Balaban J connectivity index is 1.15. The molecule has 0 radical (unpaired) electrons. The summed E-state index contributed by atoms with van der Waals surface area (Å²) in [5, 5.41) is 5.06. The van der Waals surface area contributed by atoms with Gasteiger partial charge in [0.1, 0.15) is 0 Å². The summed E-state index contributed by atoms with van der Waals surface area (Å²) in [7, 11) is 0. The molecule has 6 aromatic carbocycles. The standard InChI is InChI=1S/C46H32N4/c1-46(2)38-21-19-30-14-6-7-15-35(30)42(38)37-20-22-41-43(44(37)46)36-16-8-9-18-40(36)50(41)45-48-27-34(28-49-45)32-24-31(29-12-4-3-5-13-29)25-33(26-32)39-17-10-11-23-47-39/h3-28H,1-2H3. The largest absolute Gasteiger partial charge is 0.278 e. The lowest BCUT2D eigenvalue weighted by Crippen LogP contribution is -2.15. The van der Waals surface area contributed by atoms with Crippen LogP contribution in [0.25, 0.3) is 83.2 Å². The van der Waals surface area contributed by atoms with Crippen molar-refractivity contribution >= 4 is 32.6 Å². The van der Waals surface area contributed by atoms with Gasteiger partial charge in [-0.15, -0.1) is 0 Å². The molecule has 9 aromatic rings. The summed E-state index contributed by atoms with van der Waals surface area (Å²) < 4.78 is 2.23. The lowest BCUT2D eigenvalue weighted by atomic mass is 9.80. The summed E-state index contributed by atoms with van der Waals surface area (Å²) in [5.41, 5.74) is 13.7. The fraction of sp³-hybridized carbons (Fsp3) is 0.0652. The van der Waals surface area contributed by atoms with Gasteiger partial charge in [-0.2, -0.15) is 0 Å². The second kappa shape index (κ2) is 10.8. The smallest absolute Gasteiger partial charge is 0.234 e. The molecule has 3 aromatic heterocycles. The molecule has 0 amide bonds. The minimum absolute atomic E-state index is 0.178. The van der Waals surface area contributed by atoms with Gasteiger partial charge in [-0.05, 0) is 92.2 Å². The van der Waals surface area contributed by atoms with E-state index in [2.05, 4.69) is 145 Å². The van der Waals surface area contributed by atoms with Gasteiger partial charge in [0.2, 0.25) is 5.95 Å². The lowest BCUT2D eigenvalue weighted by molar-refractivity contribution is 0.667. The molecule has 3 heterocycles. The summed E-state index contributed by atoms with van der Waals surface area (Å²) in [6.07, 6.45) is 5.74. The maximum absolute atomic E-state index is 5.05. The first-order valence-electron chi connectivity index (χ1n) is 17.1. The Morgan fingerprint density at radius 3 is 2.02 bits per heavy atom. The summed E-state index contributed by atoms with van der Waals surface area (Å²) in [6.45, 7) is 4.73. The molecule has 50 heavy (non-hydrogen) atoms. The fourth-order valence-electron chi connectivity index (χ4n) is 8.21. The number of fused-ring (bicyclic) bond motifs is 9. The Bertz CT molecular complexity index is 2700. The van der Waals surface area contributed by atoms with Crippen molar-refractivity contribution in [3.8, 4) is 50.6 Å². The van der Waals surface area contributed by atoms with Gasteiger partial charge in [0.25, 0.3) is 0 Å². The van der Waals surface area contributed by atoms with Crippen LogP contribution in [-0.4, -0.2) is 19.5 Å². The second-order valence-electron chi connectivity index (χ2n) is 13.7. The molecule has 236 valence electrons. The Hall–Kier alpha value is -6.39. The van der Waals surface area contributed by atoms with Gasteiger partial charge in [0.15, 0.2) is 0 Å². The van der Waals surface area contributed by atoms with E-state index < -0.39 is 0 Å². The molecule has 0 N–H and O–H groups in total. The Kier molecular flexibility index (Phi) is 6.19. The maximum Gasteiger partial charge on any atom is 0.234 e. The van der Waals surface area contributed by atoms with Crippen LogP contribution in [0.4, 0.5) is 0 Å². The fourth-order valence-corrected chi connectivity index (χ4v) is 8.21. The average molecular weight is 641 g/mol. The Labute approximate surface area is 290 Å². The first kappa shape index (κ1) is 28.6. The molecule has 1 aliphatic rings. The number of aromatic nitrogens is 4. The third kappa shape index (κ3) is 4.21. The van der Waals surface area contributed by atoms with Crippen LogP contribution in [0.15, 0.2) is 158 Å². The first-order valence-corrected chi connectivity index (χ1v) is 17.1. The predicted octanol–water partition coefficient (Wildman–Crippen LogP) is 11.4. The van der Waals surface area contributed by atoms with E-state index in [1.54, 1.807) is 0 Å². The lowest BCUT2D eigenvalue weighted by Gasteiger charge is -2.23. The van der Waals surface area contributed by atoms with Crippen molar-refractivity contribution in [2.75, 3.05) is 0 Å². The Morgan fingerprint density at radius 1 is 0.520 bits per heavy atom. The van der Waals surface area contributed by atoms with Gasteiger partial charge >= 0.3 is 0 Å². The van der Waals surface area contributed by atoms with E-state index in [9.17, 15) is 0 Å². The molecule has 0 aliphatic heterocycles. The summed E-state index contributed by atoms with van der Waals surface area (Å²) in [6, 6.07) is 49.7. The number of hydrogen-bond donors (Lipinski definition) is 0. The van der Waals surface area contributed by atoms with Crippen LogP contribution in [0.5, 0.6) is 0 Å². The predicted molar refractivity (Wildman–Crippen MR) is 206 cm³/mol. The van der Waals surface area contributed by atoms with Gasteiger partial charge in [-0.3, -0.25) is 9.55 Å². The molecular formula is C46H32N4. The monoisotopic (exact) mass is 640 g/mol. The zero-order chi connectivity index (χ0) is 33.4. The molecule has 4 heteroatoms. The van der Waals surface area contributed by atoms with Crippen molar-refractivity contribution in [1.82, 2.24) is 19.5 Å². The third-order valence-electron chi connectivity index (χ3n) is 10.5. The third-order valence-corrected chi connectivity index (χ3v) is 10.5. The van der Waals surface area contributed by atoms with Gasteiger partial charge in [-0.1, -0.05) is 111 Å². The molecule has 1 aliphatic carbocycles. The van der Waals surface area contributed by atoms with Gasteiger partial charge in [0, 0.05) is 45.9 Å². The number of benzene rings is 6. The molecule has 0 saturated heterocycles. The normalized spacial score (nSPS) is 13.2. The minimum atomic E-state index is -0.178. The van der Waals surface area contributed by atoms with Crippen molar-refractivity contribution < 1.29 is 0 Å². The SMILES string of the molecule is CC1(C)c2ccc3ccccc3c2-c2ccc3c(c21)c1ccccc1n3-c1ncc(-c2cc(-c3ccccc3)cc(-c3ccccn3)c2)cn1. The summed E-state index contributed by atoms with van der Waals surface area (Å²) >= 11 is 0. The number of para-hydroxylation sites is 1. The van der Waals surface area contributed by atoms with Crippen LogP contribution in [-0.2, 0) is 5.41 Å². The topological polar surface area (TPSA) is 43.6 Å². The summed E-state index contributed by atoms with van der Waals surface area (Å²) in [4.78, 5) is 14.8. The van der Waals surface area contributed by atoms with Crippen LogP contribution in [0.1, 0.15) is 25.0 Å². The van der Waals surface area contributed by atoms with Crippen LogP contribution < -0.4 is 0 Å². The molecule has 10 rings (SSSR count). The maximum atomic E-state index is 5.05.